The third-order valence-electron chi connectivity index (χ3n) is 3.00. The molecule has 0 unspecified atom stereocenters. The molecule has 1 aliphatic carbocycles. The third kappa shape index (κ3) is 0.783. The van der Waals surface area contributed by atoms with Gasteiger partial charge in [-0.25, -0.2) is 0 Å². The number of rotatable bonds is 0. The summed E-state index contributed by atoms with van der Waals surface area (Å²) in [5.41, 5.74) is 4.56. The topological polar surface area (TPSA) is 37.6 Å². The minimum absolute atomic E-state index is 0.838. The van der Waals surface area contributed by atoms with Gasteiger partial charge in [-0.15, -0.1) is 0 Å². The molecule has 4 rings (SSSR count). The molecule has 0 N–H and O–H groups in total. The van der Waals surface area contributed by atoms with Crippen molar-refractivity contribution in [3.05, 3.63) is 40.7 Å². The van der Waals surface area contributed by atoms with Gasteiger partial charge in [0.2, 0.25) is 0 Å². The van der Waals surface area contributed by atoms with Gasteiger partial charge in [-0.05, 0) is 12.1 Å². The number of fused-ring (bicyclic) bond motifs is 1. The van der Waals surface area contributed by atoms with E-state index in [0.717, 1.165) is 23.2 Å². The Balaban J connectivity index is 2.33. The van der Waals surface area contributed by atoms with Gasteiger partial charge in [0, 0.05) is 41.4 Å². The predicted molar refractivity (Wildman–Crippen MR) is 59.1 cm³/mol. The van der Waals surface area contributed by atoms with Crippen LogP contribution in [-0.4, -0.2) is 16.9 Å². The molecule has 15 heavy (non-hydrogen) atoms. The lowest BCUT2D eigenvalue weighted by Crippen LogP contribution is -2.37. The van der Waals surface area contributed by atoms with Crippen LogP contribution >= 0.6 is 0 Å². The Morgan fingerprint density at radius 1 is 1.27 bits per heavy atom. The summed E-state index contributed by atoms with van der Waals surface area (Å²) < 4.78 is 0. The van der Waals surface area contributed by atoms with Crippen molar-refractivity contribution < 1.29 is 0 Å². The second kappa shape index (κ2) is 2.31. The van der Waals surface area contributed by atoms with Crippen LogP contribution in [0, 0.1) is 0 Å². The average molecular weight is 193 g/mol. The van der Waals surface area contributed by atoms with Gasteiger partial charge in [-0.1, -0.05) is 0 Å². The zero-order valence-electron chi connectivity index (χ0n) is 7.94. The van der Waals surface area contributed by atoms with Crippen molar-refractivity contribution in [2.45, 2.75) is 6.42 Å². The molecular formula is C12H7N3. The van der Waals surface area contributed by atoms with Crippen LogP contribution in [0.2, 0.25) is 0 Å². The lowest BCUT2D eigenvalue weighted by Gasteiger charge is -2.08. The summed E-state index contributed by atoms with van der Waals surface area (Å²) in [6, 6.07) is 2.01. The monoisotopic (exact) mass is 193 g/mol. The van der Waals surface area contributed by atoms with Crippen molar-refractivity contribution >= 4 is 23.2 Å². The minimum atomic E-state index is 0.838. The molecule has 3 heterocycles. The first-order valence-electron chi connectivity index (χ1n) is 4.94. The Kier molecular flexibility index (Phi) is 1.12. The van der Waals surface area contributed by atoms with Gasteiger partial charge in [0.1, 0.15) is 0 Å². The Morgan fingerprint density at radius 2 is 2.27 bits per heavy atom. The van der Waals surface area contributed by atoms with Crippen LogP contribution in [0.3, 0.4) is 0 Å². The first-order valence-corrected chi connectivity index (χ1v) is 4.94. The molecule has 0 atom stereocenters. The molecular weight excluding hydrogens is 186 g/mol. The number of aromatic nitrogens is 1. The van der Waals surface area contributed by atoms with Crippen LogP contribution in [0.25, 0.3) is 11.3 Å². The predicted octanol–water partition coefficient (Wildman–Crippen LogP) is 0.145. The molecule has 0 saturated heterocycles. The summed E-state index contributed by atoms with van der Waals surface area (Å²) in [6.45, 7) is 0. The summed E-state index contributed by atoms with van der Waals surface area (Å²) in [6.07, 6.45) is 8.47. The zero-order valence-corrected chi connectivity index (χ0v) is 7.94. The van der Waals surface area contributed by atoms with E-state index in [9.17, 15) is 0 Å². The molecule has 1 aromatic heterocycles. The van der Waals surface area contributed by atoms with Gasteiger partial charge < -0.3 is 0 Å². The molecule has 0 amide bonds. The maximum atomic E-state index is 4.44. The van der Waals surface area contributed by atoms with Crippen molar-refractivity contribution in [2.24, 2.45) is 9.98 Å². The molecule has 0 saturated carbocycles. The fraction of sp³-hybridized carbons (Fsp3) is 0.0833. The standard InChI is InChI=1S/C12H7N3/c1-3-14-12-8-2-4-13-9(8)5-10-11(12)7(1)6-15-10/h1-4,6H,5H2. The van der Waals surface area contributed by atoms with Crippen LogP contribution in [0.5, 0.6) is 0 Å². The highest BCUT2D eigenvalue weighted by Gasteiger charge is 2.21. The summed E-state index contributed by atoms with van der Waals surface area (Å²) >= 11 is 0. The second-order valence-corrected chi connectivity index (χ2v) is 3.81. The Bertz CT molecular complexity index is 690. The quantitative estimate of drug-likeness (QED) is 0.577. The summed E-state index contributed by atoms with van der Waals surface area (Å²) in [5, 5.41) is 2.25. The van der Waals surface area contributed by atoms with E-state index < -0.39 is 0 Å². The van der Waals surface area contributed by atoms with Crippen molar-refractivity contribution in [3.63, 3.8) is 0 Å². The first kappa shape index (κ1) is 7.29. The first-order chi connectivity index (χ1) is 7.43. The molecule has 3 nitrogen and oxygen atoms in total. The van der Waals surface area contributed by atoms with Crippen LogP contribution in [0.15, 0.2) is 34.5 Å². The Labute approximate surface area is 85.9 Å². The normalized spacial score (nSPS) is 19.3. The molecule has 70 valence electrons. The van der Waals surface area contributed by atoms with E-state index in [4.69, 9.17) is 0 Å². The van der Waals surface area contributed by atoms with Gasteiger partial charge >= 0.3 is 0 Å². The van der Waals surface area contributed by atoms with E-state index in [1.807, 2.05) is 30.8 Å². The Morgan fingerprint density at radius 3 is 3.27 bits per heavy atom. The van der Waals surface area contributed by atoms with E-state index in [2.05, 4.69) is 15.0 Å². The SMILES string of the molecule is C1=CC2=c3nccc4c3=C(CC2=N1)N=C4. The Hall–Kier alpha value is -2.03. The molecule has 0 spiro atoms. The van der Waals surface area contributed by atoms with Gasteiger partial charge in [-0.3, -0.25) is 15.0 Å². The third-order valence-corrected chi connectivity index (χ3v) is 3.00. The maximum Gasteiger partial charge on any atom is 0.0818 e. The number of aliphatic imine (C=N–C) groups is 2. The highest BCUT2D eigenvalue weighted by molar-refractivity contribution is 6.27. The van der Waals surface area contributed by atoms with Gasteiger partial charge in [0.15, 0.2) is 0 Å². The van der Waals surface area contributed by atoms with Crippen molar-refractivity contribution in [2.75, 3.05) is 0 Å². The lowest BCUT2D eigenvalue weighted by molar-refractivity contribution is 1.18. The van der Waals surface area contributed by atoms with Crippen molar-refractivity contribution in [3.8, 4) is 0 Å². The second-order valence-electron chi connectivity index (χ2n) is 3.81. The molecule has 0 aromatic carbocycles. The van der Waals surface area contributed by atoms with Gasteiger partial charge in [0.25, 0.3) is 0 Å². The van der Waals surface area contributed by atoms with Crippen LogP contribution in [0.1, 0.15) is 12.0 Å². The molecule has 3 aliphatic rings. The van der Waals surface area contributed by atoms with E-state index in [1.165, 1.54) is 16.4 Å². The summed E-state index contributed by atoms with van der Waals surface area (Å²) in [7, 11) is 0. The number of allylic oxidation sites excluding steroid dienone is 1. The average Bonchev–Trinajstić information content (AvgIpc) is 2.87. The van der Waals surface area contributed by atoms with Crippen molar-refractivity contribution in [1.29, 1.82) is 0 Å². The lowest BCUT2D eigenvalue weighted by atomic mass is 9.99. The molecule has 1 aromatic rings. The number of hydrogen-bond acceptors (Lipinski definition) is 3. The van der Waals surface area contributed by atoms with E-state index >= 15 is 0 Å². The van der Waals surface area contributed by atoms with E-state index in [1.54, 1.807) is 0 Å². The summed E-state index contributed by atoms with van der Waals surface area (Å²) in [5.74, 6) is 0. The maximum absolute atomic E-state index is 4.44. The number of pyridine rings is 1. The largest absolute Gasteiger partial charge is 0.260 e. The molecule has 2 aliphatic heterocycles. The summed E-state index contributed by atoms with van der Waals surface area (Å²) in [4.78, 5) is 13.2. The van der Waals surface area contributed by atoms with E-state index in [0.29, 0.717) is 0 Å². The van der Waals surface area contributed by atoms with Gasteiger partial charge in [0.05, 0.1) is 16.8 Å². The van der Waals surface area contributed by atoms with Crippen molar-refractivity contribution in [1.82, 2.24) is 4.98 Å². The van der Waals surface area contributed by atoms with Crippen LogP contribution < -0.4 is 10.6 Å². The highest BCUT2D eigenvalue weighted by atomic mass is 14.8. The van der Waals surface area contributed by atoms with Crippen LogP contribution in [-0.2, 0) is 0 Å². The van der Waals surface area contributed by atoms with Crippen LogP contribution in [0.4, 0.5) is 0 Å². The molecule has 0 fully saturated rings. The molecule has 3 heteroatoms. The number of hydrogen-bond donors (Lipinski definition) is 0. The van der Waals surface area contributed by atoms with Gasteiger partial charge in [-0.2, -0.15) is 0 Å². The molecule has 0 radical (unpaired) electrons. The zero-order chi connectivity index (χ0) is 9.83. The number of nitrogens with zero attached hydrogens (tertiary/aromatic N) is 3. The fourth-order valence-electron chi connectivity index (χ4n) is 2.32. The molecule has 0 bridgehead atoms. The van der Waals surface area contributed by atoms with E-state index in [-0.39, 0.29) is 0 Å². The minimum Gasteiger partial charge on any atom is -0.260 e. The fourth-order valence-corrected chi connectivity index (χ4v) is 2.32. The highest BCUT2D eigenvalue weighted by Crippen LogP contribution is 2.20. The smallest absolute Gasteiger partial charge is 0.0818 e.